The molecule has 1 fully saturated rings. The topological polar surface area (TPSA) is 50.4 Å². The molecule has 0 saturated carbocycles. The molecule has 0 bridgehead atoms. The van der Waals surface area contributed by atoms with E-state index in [1.807, 2.05) is 0 Å². The molecule has 1 rings (SSSR count). The third-order valence-corrected chi connectivity index (χ3v) is 3.10. The van der Waals surface area contributed by atoms with Crippen LogP contribution < -0.4 is 10.6 Å². The molecular formula is C12H24N2O2. The molecule has 1 atom stereocenters. The van der Waals surface area contributed by atoms with Crippen LogP contribution in [0.4, 0.5) is 0 Å². The minimum atomic E-state index is 0.0261. The Labute approximate surface area is 98.1 Å². The molecule has 1 amide bonds. The number of carbonyl (C=O) groups is 1. The zero-order valence-electron chi connectivity index (χ0n) is 10.6. The van der Waals surface area contributed by atoms with Crippen LogP contribution in [-0.2, 0) is 9.53 Å². The molecular weight excluding hydrogens is 204 g/mol. The normalized spacial score (nSPS) is 21.1. The summed E-state index contributed by atoms with van der Waals surface area (Å²) in [6.07, 6.45) is 3.03. The molecule has 0 unspecified atom stereocenters. The van der Waals surface area contributed by atoms with Crippen molar-refractivity contribution in [1.29, 1.82) is 0 Å². The molecule has 0 aliphatic carbocycles. The van der Waals surface area contributed by atoms with Gasteiger partial charge in [-0.15, -0.1) is 0 Å². The van der Waals surface area contributed by atoms with E-state index < -0.39 is 0 Å². The van der Waals surface area contributed by atoms with Crippen LogP contribution in [0.15, 0.2) is 0 Å². The smallest absolute Gasteiger partial charge is 0.237 e. The first-order chi connectivity index (χ1) is 7.55. The number of amides is 1. The molecule has 4 nitrogen and oxygen atoms in total. The van der Waals surface area contributed by atoms with Crippen LogP contribution in [0.3, 0.4) is 0 Å². The lowest BCUT2D eigenvalue weighted by atomic mass is 9.89. The van der Waals surface area contributed by atoms with Gasteiger partial charge in [0.05, 0.1) is 6.04 Å². The van der Waals surface area contributed by atoms with E-state index in [0.29, 0.717) is 6.54 Å². The van der Waals surface area contributed by atoms with Gasteiger partial charge in [0, 0.05) is 20.3 Å². The molecule has 1 aliphatic rings. The van der Waals surface area contributed by atoms with Gasteiger partial charge in [-0.1, -0.05) is 13.8 Å². The minimum absolute atomic E-state index is 0.0261. The fourth-order valence-corrected chi connectivity index (χ4v) is 1.82. The quantitative estimate of drug-likeness (QED) is 0.710. The third-order valence-electron chi connectivity index (χ3n) is 3.10. The number of hydrogen-bond donors (Lipinski definition) is 2. The maximum absolute atomic E-state index is 11.8. The zero-order chi connectivity index (χ0) is 12.0. The van der Waals surface area contributed by atoms with Crippen molar-refractivity contribution >= 4 is 5.91 Å². The van der Waals surface area contributed by atoms with Crippen molar-refractivity contribution in [3.05, 3.63) is 0 Å². The van der Waals surface area contributed by atoms with Crippen molar-refractivity contribution < 1.29 is 9.53 Å². The van der Waals surface area contributed by atoms with Crippen LogP contribution in [0.25, 0.3) is 0 Å². The summed E-state index contributed by atoms with van der Waals surface area (Å²) in [4.78, 5) is 11.8. The van der Waals surface area contributed by atoms with E-state index in [4.69, 9.17) is 4.74 Å². The van der Waals surface area contributed by atoms with Gasteiger partial charge in [0.1, 0.15) is 0 Å². The Bertz CT molecular complexity index is 223. The van der Waals surface area contributed by atoms with Crippen LogP contribution in [-0.4, -0.2) is 38.8 Å². The fourth-order valence-electron chi connectivity index (χ4n) is 1.82. The largest absolute Gasteiger partial charge is 0.385 e. The molecule has 1 heterocycles. The van der Waals surface area contributed by atoms with E-state index >= 15 is 0 Å². The number of rotatable bonds is 6. The highest BCUT2D eigenvalue weighted by atomic mass is 16.5. The Kier molecular flexibility index (Phi) is 5.22. The Hall–Kier alpha value is -0.610. The molecule has 4 heteroatoms. The second-order valence-electron chi connectivity index (χ2n) is 5.27. The van der Waals surface area contributed by atoms with E-state index in [-0.39, 0.29) is 17.4 Å². The molecule has 1 aliphatic heterocycles. The molecule has 0 radical (unpaired) electrons. The second-order valence-corrected chi connectivity index (χ2v) is 5.27. The molecule has 0 aromatic carbocycles. The van der Waals surface area contributed by atoms with E-state index in [9.17, 15) is 4.79 Å². The van der Waals surface area contributed by atoms with Crippen molar-refractivity contribution in [2.45, 2.75) is 39.2 Å². The summed E-state index contributed by atoms with van der Waals surface area (Å²) in [6.45, 7) is 6.71. The summed E-state index contributed by atoms with van der Waals surface area (Å²) < 4.78 is 5.06. The predicted octanol–water partition coefficient (Wildman–Crippen LogP) is 0.917. The molecule has 2 N–H and O–H groups in total. The maximum Gasteiger partial charge on any atom is 0.237 e. The van der Waals surface area contributed by atoms with Crippen LogP contribution in [0.2, 0.25) is 0 Å². The van der Waals surface area contributed by atoms with Crippen LogP contribution in [0.1, 0.15) is 33.1 Å². The molecule has 1 saturated heterocycles. The van der Waals surface area contributed by atoms with Gasteiger partial charge in [0.25, 0.3) is 0 Å². The molecule has 94 valence electrons. The summed E-state index contributed by atoms with van der Waals surface area (Å²) in [5.41, 5.74) is 0.101. The number of nitrogens with one attached hydrogen (secondary N) is 2. The lowest BCUT2D eigenvalue weighted by Crippen LogP contribution is -2.44. The van der Waals surface area contributed by atoms with Crippen LogP contribution in [0.5, 0.6) is 0 Å². The van der Waals surface area contributed by atoms with Crippen LogP contribution in [0, 0.1) is 5.41 Å². The third kappa shape index (κ3) is 4.49. The van der Waals surface area contributed by atoms with Crippen molar-refractivity contribution in [2.24, 2.45) is 5.41 Å². The number of hydrogen-bond acceptors (Lipinski definition) is 3. The highest BCUT2D eigenvalue weighted by molar-refractivity contribution is 5.82. The fraction of sp³-hybridized carbons (Fsp3) is 0.917. The Morgan fingerprint density at radius 1 is 1.56 bits per heavy atom. The summed E-state index contributed by atoms with van der Waals surface area (Å²) in [5, 5.41) is 6.22. The monoisotopic (exact) mass is 228 g/mol. The molecule has 0 aromatic heterocycles. The number of methoxy groups -OCH3 is 1. The van der Waals surface area contributed by atoms with Gasteiger partial charge in [-0.05, 0) is 31.2 Å². The first-order valence-electron chi connectivity index (χ1n) is 6.05. The van der Waals surface area contributed by atoms with Gasteiger partial charge in [-0.2, -0.15) is 0 Å². The highest BCUT2D eigenvalue weighted by Gasteiger charge is 2.24. The van der Waals surface area contributed by atoms with Gasteiger partial charge >= 0.3 is 0 Å². The van der Waals surface area contributed by atoms with Gasteiger partial charge in [0.15, 0.2) is 0 Å². The van der Waals surface area contributed by atoms with Crippen molar-refractivity contribution in [1.82, 2.24) is 10.6 Å². The Balaban J connectivity index is 2.24. The van der Waals surface area contributed by atoms with E-state index in [1.165, 1.54) is 0 Å². The average molecular weight is 228 g/mol. The first kappa shape index (κ1) is 13.5. The number of carbonyl (C=O) groups excluding carboxylic acids is 1. The summed E-state index contributed by atoms with van der Waals surface area (Å²) >= 11 is 0. The zero-order valence-corrected chi connectivity index (χ0v) is 10.6. The Morgan fingerprint density at radius 2 is 2.31 bits per heavy atom. The number of ether oxygens (including phenoxy) is 1. The van der Waals surface area contributed by atoms with Gasteiger partial charge in [-0.3, -0.25) is 4.79 Å². The van der Waals surface area contributed by atoms with Gasteiger partial charge in [0.2, 0.25) is 5.91 Å². The first-order valence-corrected chi connectivity index (χ1v) is 6.05. The molecule has 0 spiro atoms. The highest BCUT2D eigenvalue weighted by Crippen LogP contribution is 2.18. The van der Waals surface area contributed by atoms with E-state index in [2.05, 4.69) is 24.5 Å². The van der Waals surface area contributed by atoms with E-state index in [0.717, 1.165) is 32.4 Å². The van der Waals surface area contributed by atoms with Crippen molar-refractivity contribution in [3.8, 4) is 0 Å². The van der Waals surface area contributed by atoms with Crippen LogP contribution >= 0.6 is 0 Å². The second kappa shape index (κ2) is 6.21. The minimum Gasteiger partial charge on any atom is -0.385 e. The summed E-state index contributed by atoms with van der Waals surface area (Å²) in [5.74, 6) is 0.142. The summed E-state index contributed by atoms with van der Waals surface area (Å²) in [6, 6.07) is 0.0261. The standard InChI is InChI=1S/C12H24N2O2/c1-12(2,6-8-16-3)9-14-11(15)10-5-4-7-13-10/h10,13H,4-9H2,1-3H3,(H,14,15)/t10-/m1/s1. The SMILES string of the molecule is COCCC(C)(C)CNC(=O)[C@H]1CCCN1. The average Bonchev–Trinajstić information content (AvgIpc) is 2.77. The summed E-state index contributed by atoms with van der Waals surface area (Å²) in [7, 11) is 1.71. The van der Waals surface area contributed by atoms with E-state index in [1.54, 1.807) is 7.11 Å². The lowest BCUT2D eigenvalue weighted by molar-refractivity contribution is -0.123. The van der Waals surface area contributed by atoms with Gasteiger partial charge < -0.3 is 15.4 Å². The van der Waals surface area contributed by atoms with Gasteiger partial charge in [-0.25, -0.2) is 0 Å². The molecule has 16 heavy (non-hydrogen) atoms. The Morgan fingerprint density at radius 3 is 2.88 bits per heavy atom. The van der Waals surface area contributed by atoms with Crippen molar-refractivity contribution in [2.75, 3.05) is 26.8 Å². The molecule has 0 aromatic rings. The maximum atomic E-state index is 11.8. The van der Waals surface area contributed by atoms with Crippen molar-refractivity contribution in [3.63, 3.8) is 0 Å². The predicted molar refractivity (Wildman–Crippen MR) is 64.3 cm³/mol. The lowest BCUT2D eigenvalue weighted by Gasteiger charge is -2.25.